The van der Waals surface area contributed by atoms with Gasteiger partial charge < -0.3 is 21.1 Å². The van der Waals surface area contributed by atoms with E-state index >= 15 is 0 Å². The summed E-state index contributed by atoms with van der Waals surface area (Å²) in [4.78, 5) is 47.6. The number of ether oxygens (including phenoxy) is 1. The lowest BCUT2D eigenvalue weighted by molar-refractivity contribution is -0.126. The molecule has 0 radical (unpaired) electrons. The molecular formula is C27H51N3O5. The summed E-state index contributed by atoms with van der Waals surface area (Å²) in [6, 6.07) is -0.682. The van der Waals surface area contributed by atoms with Gasteiger partial charge in [-0.05, 0) is 46.5 Å². The van der Waals surface area contributed by atoms with Crippen LogP contribution in [-0.4, -0.2) is 48.3 Å². The van der Waals surface area contributed by atoms with E-state index in [1.54, 1.807) is 0 Å². The molecule has 2 amide bonds. The first-order valence-corrected chi connectivity index (χ1v) is 13.6. The van der Waals surface area contributed by atoms with Gasteiger partial charge in [0.1, 0.15) is 17.2 Å². The van der Waals surface area contributed by atoms with Gasteiger partial charge >= 0.3 is 6.09 Å². The minimum atomic E-state index is -0.682. The molecule has 0 rings (SSSR count). The first-order valence-electron chi connectivity index (χ1n) is 13.6. The van der Waals surface area contributed by atoms with Gasteiger partial charge in [-0.1, -0.05) is 51.9 Å². The molecule has 1 atom stereocenters. The summed E-state index contributed by atoms with van der Waals surface area (Å²) in [6.45, 7) is 8.90. The molecule has 4 N–H and O–H groups in total. The number of Topliss-reactive ketones (excluding diaryl/α,β-unsaturated/α-hetero) is 2. The van der Waals surface area contributed by atoms with E-state index in [2.05, 4.69) is 17.6 Å². The molecule has 204 valence electrons. The summed E-state index contributed by atoms with van der Waals surface area (Å²) in [5, 5.41) is 5.59. The van der Waals surface area contributed by atoms with E-state index < -0.39 is 17.7 Å². The summed E-state index contributed by atoms with van der Waals surface area (Å²) in [6.07, 6.45) is 11.3. The molecule has 0 aliphatic heterocycles. The van der Waals surface area contributed by atoms with Crippen LogP contribution in [0.4, 0.5) is 4.79 Å². The van der Waals surface area contributed by atoms with Gasteiger partial charge in [0.2, 0.25) is 5.91 Å². The van der Waals surface area contributed by atoms with E-state index in [-0.39, 0.29) is 30.3 Å². The first kappa shape index (κ1) is 33.0. The van der Waals surface area contributed by atoms with Crippen molar-refractivity contribution in [2.24, 2.45) is 5.73 Å². The van der Waals surface area contributed by atoms with Gasteiger partial charge in [-0.25, -0.2) is 4.79 Å². The van der Waals surface area contributed by atoms with E-state index in [0.717, 1.165) is 44.9 Å². The number of hydrogen-bond acceptors (Lipinski definition) is 6. The molecule has 0 saturated carbocycles. The number of ketones is 2. The van der Waals surface area contributed by atoms with Crippen molar-refractivity contribution in [1.29, 1.82) is 0 Å². The van der Waals surface area contributed by atoms with Crippen molar-refractivity contribution < 1.29 is 23.9 Å². The van der Waals surface area contributed by atoms with Crippen LogP contribution in [0, 0.1) is 0 Å². The Balaban J connectivity index is 3.69. The van der Waals surface area contributed by atoms with E-state index in [9.17, 15) is 19.2 Å². The highest BCUT2D eigenvalue weighted by atomic mass is 16.6. The van der Waals surface area contributed by atoms with Crippen LogP contribution in [0.1, 0.15) is 124 Å². The first-order chi connectivity index (χ1) is 16.5. The van der Waals surface area contributed by atoms with Crippen LogP contribution in [0.25, 0.3) is 0 Å². The van der Waals surface area contributed by atoms with Crippen molar-refractivity contribution >= 4 is 23.6 Å². The molecule has 0 spiro atoms. The molecule has 0 bridgehead atoms. The van der Waals surface area contributed by atoms with E-state index in [1.165, 1.54) is 19.3 Å². The monoisotopic (exact) mass is 497 g/mol. The van der Waals surface area contributed by atoms with Gasteiger partial charge in [0.05, 0.1) is 6.04 Å². The zero-order chi connectivity index (χ0) is 26.5. The average molecular weight is 498 g/mol. The largest absolute Gasteiger partial charge is 0.444 e. The second-order valence-electron chi connectivity index (χ2n) is 10.4. The third-order valence-electron chi connectivity index (χ3n) is 5.65. The maximum Gasteiger partial charge on any atom is 0.407 e. The molecule has 35 heavy (non-hydrogen) atoms. The Kier molecular flexibility index (Phi) is 19.1. The summed E-state index contributed by atoms with van der Waals surface area (Å²) >= 11 is 0. The zero-order valence-electron chi connectivity index (χ0n) is 22.7. The van der Waals surface area contributed by atoms with Crippen LogP contribution in [-0.2, 0) is 19.1 Å². The Morgan fingerprint density at radius 1 is 0.743 bits per heavy atom. The lowest BCUT2D eigenvalue weighted by Gasteiger charge is -2.19. The molecule has 0 aliphatic rings. The number of rotatable bonds is 21. The zero-order valence-corrected chi connectivity index (χ0v) is 22.7. The normalized spacial score (nSPS) is 12.1. The Hall–Kier alpha value is -1.96. The molecule has 8 nitrogen and oxygen atoms in total. The summed E-state index contributed by atoms with van der Waals surface area (Å²) in [5.74, 6) is -0.144. The van der Waals surface area contributed by atoms with Crippen LogP contribution < -0.4 is 16.4 Å². The molecular weight excluding hydrogens is 446 g/mol. The summed E-state index contributed by atoms with van der Waals surface area (Å²) in [7, 11) is 0. The minimum absolute atomic E-state index is 0.113. The van der Waals surface area contributed by atoms with Crippen LogP contribution in [0.2, 0.25) is 0 Å². The molecule has 0 aromatic carbocycles. The Morgan fingerprint density at radius 3 is 1.94 bits per heavy atom. The predicted molar refractivity (Wildman–Crippen MR) is 140 cm³/mol. The van der Waals surface area contributed by atoms with Crippen LogP contribution >= 0.6 is 0 Å². The quantitative estimate of drug-likeness (QED) is 0.192. The molecule has 0 fully saturated rings. The van der Waals surface area contributed by atoms with Gasteiger partial charge in [-0.15, -0.1) is 0 Å². The van der Waals surface area contributed by atoms with Gasteiger partial charge in [0, 0.05) is 38.8 Å². The van der Waals surface area contributed by atoms with Crippen molar-refractivity contribution in [2.45, 2.75) is 136 Å². The molecule has 0 unspecified atom stereocenters. The van der Waals surface area contributed by atoms with E-state index in [0.29, 0.717) is 32.4 Å². The van der Waals surface area contributed by atoms with Gasteiger partial charge in [-0.3, -0.25) is 14.4 Å². The fourth-order valence-corrected chi connectivity index (χ4v) is 3.55. The highest BCUT2D eigenvalue weighted by molar-refractivity contribution is 5.88. The Labute approximate surface area is 212 Å². The minimum Gasteiger partial charge on any atom is -0.444 e. The molecule has 0 aliphatic carbocycles. The molecule has 8 heteroatoms. The van der Waals surface area contributed by atoms with Crippen molar-refractivity contribution in [3.05, 3.63) is 0 Å². The van der Waals surface area contributed by atoms with Crippen molar-refractivity contribution in [3.8, 4) is 0 Å². The number of unbranched alkanes of at least 4 members (excludes halogenated alkanes) is 8. The van der Waals surface area contributed by atoms with Crippen LogP contribution in [0.5, 0.6) is 0 Å². The molecule has 0 aromatic heterocycles. The predicted octanol–water partition coefficient (Wildman–Crippen LogP) is 4.96. The van der Waals surface area contributed by atoms with Gasteiger partial charge in [-0.2, -0.15) is 0 Å². The number of nitrogens with two attached hydrogens (primary N) is 1. The SMILES string of the molecule is CCCCCCCNC(=O)CCC(=O)[C@H](N)CCC(=O)CCCCCCCNC(=O)OC(C)(C)C. The van der Waals surface area contributed by atoms with Crippen LogP contribution in [0.15, 0.2) is 0 Å². The fraction of sp³-hybridized carbons (Fsp3) is 0.852. The smallest absolute Gasteiger partial charge is 0.407 e. The lowest BCUT2D eigenvalue weighted by Crippen LogP contribution is -2.32. The number of nitrogens with one attached hydrogen (secondary N) is 2. The number of carbonyl (C=O) groups excluding carboxylic acids is 4. The highest BCUT2D eigenvalue weighted by Gasteiger charge is 2.17. The fourth-order valence-electron chi connectivity index (χ4n) is 3.55. The molecule has 0 aromatic rings. The number of amides is 2. The Morgan fingerprint density at radius 2 is 1.31 bits per heavy atom. The number of hydrogen-bond donors (Lipinski definition) is 3. The number of alkyl carbamates (subject to hydrolysis) is 1. The van der Waals surface area contributed by atoms with Crippen molar-refractivity contribution in [2.75, 3.05) is 13.1 Å². The maximum atomic E-state index is 12.2. The summed E-state index contributed by atoms with van der Waals surface area (Å²) < 4.78 is 5.18. The standard InChI is InChI=1S/C27H51N3O5/c1-5-6-7-10-13-20-29-25(33)19-18-24(32)23(28)17-16-22(31)15-12-9-8-11-14-21-30-26(34)35-27(2,3)4/h23H,5-21,28H2,1-4H3,(H,29,33)(H,30,34)/t23-/m1/s1. The second kappa shape index (κ2) is 20.3. The molecule has 0 saturated heterocycles. The average Bonchev–Trinajstić information content (AvgIpc) is 2.78. The van der Waals surface area contributed by atoms with Gasteiger partial charge in [0.15, 0.2) is 0 Å². The van der Waals surface area contributed by atoms with Crippen LogP contribution in [0.3, 0.4) is 0 Å². The van der Waals surface area contributed by atoms with E-state index in [1.807, 2.05) is 20.8 Å². The third kappa shape index (κ3) is 22.3. The molecule has 0 heterocycles. The second-order valence-corrected chi connectivity index (χ2v) is 10.4. The number of carbonyl (C=O) groups is 4. The highest BCUT2D eigenvalue weighted by Crippen LogP contribution is 2.10. The Bertz CT molecular complexity index is 616. The maximum absolute atomic E-state index is 12.2. The summed E-state index contributed by atoms with van der Waals surface area (Å²) in [5.41, 5.74) is 5.44. The topological polar surface area (TPSA) is 128 Å². The van der Waals surface area contributed by atoms with Gasteiger partial charge in [0.25, 0.3) is 0 Å². The van der Waals surface area contributed by atoms with E-state index in [4.69, 9.17) is 10.5 Å². The lowest BCUT2D eigenvalue weighted by atomic mass is 10.00. The third-order valence-corrected chi connectivity index (χ3v) is 5.65. The van der Waals surface area contributed by atoms with Crippen molar-refractivity contribution in [1.82, 2.24) is 10.6 Å². The van der Waals surface area contributed by atoms with Crippen molar-refractivity contribution in [3.63, 3.8) is 0 Å².